The molecule has 0 saturated heterocycles. The van der Waals surface area contributed by atoms with E-state index in [1.165, 1.54) is 19.3 Å². The monoisotopic (exact) mass is 255 g/mol. The summed E-state index contributed by atoms with van der Waals surface area (Å²) in [4.78, 5) is 0. The van der Waals surface area contributed by atoms with E-state index in [0.29, 0.717) is 23.2 Å². The quantitative estimate of drug-likeness (QED) is 0.798. The van der Waals surface area contributed by atoms with Crippen LogP contribution in [0.5, 0.6) is 0 Å². The summed E-state index contributed by atoms with van der Waals surface area (Å²) in [5.74, 6) is 2.90. The predicted octanol–water partition coefficient (Wildman–Crippen LogP) is 4.05. The lowest BCUT2D eigenvalue weighted by Crippen LogP contribution is -2.26. The van der Waals surface area contributed by atoms with Gasteiger partial charge in [0.15, 0.2) is 0 Å². The molecular weight excluding hydrogens is 234 g/mol. The Hall–Kier alpha value is -0.570. The van der Waals surface area contributed by atoms with Crippen molar-refractivity contribution < 1.29 is 0 Å². The van der Waals surface area contributed by atoms with Gasteiger partial charge in [0.05, 0.1) is 0 Å². The Balaban J connectivity index is 2.30. The Kier molecular flexibility index (Phi) is 3.76. The molecule has 3 atom stereocenters. The van der Waals surface area contributed by atoms with Gasteiger partial charge >= 0.3 is 0 Å². The van der Waals surface area contributed by atoms with E-state index in [0.717, 1.165) is 11.7 Å². The van der Waals surface area contributed by atoms with Crippen LogP contribution in [-0.4, -0.2) is 14.8 Å². The van der Waals surface area contributed by atoms with E-state index in [4.69, 9.17) is 11.6 Å². The summed E-state index contributed by atoms with van der Waals surface area (Å²) in [5, 5.41) is 8.83. The van der Waals surface area contributed by atoms with Crippen molar-refractivity contribution in [3.8, 4) is 0 Å². The summed E-state index contributed by atoms with van der Waals surface area (Å²) in [5.41, 5.74) is 0. The van der Waals surface area contributed by atoms with Crippen molar-refractivity contribution in [1.29, 1.82) is 0 Å². The summed E-state index contributed by atoms with van der Waals surface area (Å²) in [6, 6.07) is 0.478. The molecule has 0 N–H and O–H groups in total. The average Bonchev–Trinajstić information content (AvgIpc) is 2.60. The molecule has 4 heteroatoms. The highest BCUT2D eigenvalue weighted by Gasteiger charge is 2.30. The Morgan fingerprint density at radius 3 is 2.53 bits per heavy atom. The fourth-order valence-electron chi connectivity index (χ4n) is 3.02. The maximum absolute atomic E-state index is 6.21. The van der Waals surface area contributed by atoms with E-state index in [2.05, 4.69) is 42.5 Å². The standard InChI is InChI=1S/C13H22ClN3/c1-8(2)12-15-16-13(14)17(12)11-6-5-9(3)7-10(11)4/h8-11H,5-7H2,1-4H3. The molecular formula is C13H22ClN3. The SMILES string of the molecule is CC1CCC(n2c(Cl)nnc2C(C)C)C(C)C1. The van der Waals surface area contributed by atoms with Gasteiger partial charge in [-0.1, -0.05) is 27.7 Å². The van der Waals surface area contributed by atoms with Crippen molar-refractivity contribution in [3.05, 3.63) is 11.1 Å². The van der Waals surface area contributed by atoms with Crippen LogP contribution in [-0.2, 0) is 0 Å². The van der Waals surface area contributed by atoms with Crippen molar-refractivity contribution in [2.24, 2.45) is 11.8 Å². The van der Waals surface area contributed by atoms with Gasteiger partial charge in [-0.2, -0.15) is 0 Å². The van der Waals surface area contributed by atoms with Crippen molar-refractivity contribution in [2.75, 3.05) is 0 Å². The molecule has 0 spiro atoms. The van der Waals surface area contributed by atoms with Gasteiger partial charge in [0.2, 0.25) is 5.28 Å². The van der Waals surface area contributed by atoms with Crippen molar-refractivity contribution in [2.45, 2.75) is 58.9 Å². The fraction of sp³-hybridized carbons (Fsp3) is 0.846. The molecule has 1 saturated carbocycles. The molecule has 17 heavy (non-hydrogen) atoms. The highest BCUT2D eigenvalue weighted by atomic mass is 35.5. The average molecular weight is 256 g/mol. The summed E-state index contributed by atoms with van der Waals surface area (Å²) < 4.78 is 2.17. The zero-order valence-corrected chi connectivity index (χ0v) is 11.9. The predicted molar refractivity (Wildman–Crippen MR) is 70.3 cm³/mol. The van der Waals surface area contributed by atoms with Gasteiger partial charge in [0.25, 0.3) is 0 Å². The van der Waals surface area contributed by atoms with Crippen LogP contribution in [0.4, 0.5) is 0 Å². The van der Waals surface area contributed by atoms with Gasteiger partial charge in [-0.15, -0.1) is 10.2 Å². The van der Waals surface area contributed by atoms with Crippen LogP contribution in [0.1, 0.15) is 64.7 Å². The topological polar surface area (TPSA) is 30.7 Å². The van der Waals surface area contributed by atoms with Crippen LogP contribution in [0.25, 0.3) is 0 Å². The van der Waals surface area contributed by atoms with Gasteiger partial charge in [0.1, 0.15) is 5.82 Å². The fourth-order valence-corrected chi connectivity index (χ4v) is 3.27. The van der Waals surface area contributed by atoms with Crippen LogP contribution in [0, 0.1) is 11.8 Å². The van der Waals surface area contributed by atoms with Crippen LogP contribution in [0.2, 0.25) is 5.28 Å². The smallest absolute Gasteiger partial charge is 0.225 e. The first kappa shape index (κ1) is 12.9. The van der Waals surface area contributed by atoms with Crippen LogP contribution >= 0.6 is 11.6 Å². The van der Waals surface area contributed by atoms with Crippen molar-refractivity contribution >= 4 is 11.6 Å². The second kappa shape index (κ2) is 4.97. The minimum atomic E-state index is 0.376. The van der Waals surface area contributed by atoms with Gasteiger partial charge in [-0.3, -0.25) is 4.57 Å². The van der Waals surface area contributed by atoms with Gasteiger partial charge in [0, 0.05) is 12.0 Å². The van der Waals surface area contributed by atoms with Crippen molar-refractivity contribution in [1.82, 2.24) is 14.8 Å². The van der Waals surface area contributed by atoms with Gasteiger partial charge in [-0.25, -0.2) is 0 Å². The number of hydrogen-bond acceptors (Lipinski definition) is 2. The van der Waals surface area contributed by atoms with E-state index >= 15 is 0 Å². The molecule has 1 fully saturated rings. The number of rotatable bonds is 2. The molecule has 1 aromatic heterocycles. The third-order valence-corrected chi connectivity index (χ3v) is 4.17. The molecule has 1 aliphatic carbocycles. The highest BCUT2D eigenvalue weighted by molar-refractivity contribution is 6.28. The first-order chi connectivity index (χ1) is 8.00. The maximum atomic E-state index is 6.21. The zero-order chi connectivity index (χ0) is 12.6. The van der Waals surface area contributed by atoms with Gasteiger partial charge in [-0.05, 0) is 42.7 Å². The number of aromatic nitrogens is 3. The molecule has 0 radical (unpaired) electrons. The lowest BCUT2D eigenvalue weighted by molar-refractivity contribution is 0.203. The van der Waals surface area contributed by atoms with E-state index in [1.54, 1.807) is 0 Å². The molecule has 2 rings (SSSR count). The van der Waals surface area contributed by atoms with Gasteiger partial charge < -0.3 is 0 Å². The van der Waals surface area contributed by atoms with Crippen LogP contribution < -0.4 is 0 Å². The Morgan fingerprint density at radius 2 is 1.94 bits per heavy atom. The Labute approximate surface area is 109 Å². The number of halogens is 1. The maximum Gasteiger partial charge on any atom is 0.225 e. The summed E-state index contributed by atoms with van der Waals surface area (Å²) in [6.45, 7) is 8.95. The Morgan fingerprint density at radius 1 is 1.24 bits per heavy atom. The lowest BCUT2D eigenvalue weighted by atomic mass is 9.79. The van der Waals surface area contributed by atoms with E-state index < -0.39 is 0 Å². The highest BCUT2D eigenvalue weighted by Crippen LogP contribution is 2.39. The van der Waals surface area contributed by atoms with Crippen LogP contribution in [0.3, 0.4) is 0 Å². The number of hydrogen-bond donors (Lipinski definition) is 0. The summed E-state index contributed by atoms with van der Waals surface area (Å²) in [6.07, 6.45) is 3.75. The minimum absolute atomic E-state index is 0.376. The largest absolute Gasteiger partial charge is 0.298 e. The molecule has 1 aromatic rings. The number of nitrogens with zero attached hydrogens (tertiary/aromatic N) is 3. The van der Waals surface area contributed by atoms with Crippen molar-refractivity contribution in [3.63, 3.8) is 0 Å². The summed E-state index contributed by atoms with van der Waals surface area (Å²) in [7, 11) is 0. The molecule has 3 unspecified atom stereocenters. The molecule has 0 aliphatic heterocycles. The molecule has 0 aromatic carbocycles. The molecule has 1 aliphatic rings. The molecule has 0 bridgehead atoms. The Bertz CT molecular complexity index is 386. The minimum Gasteiger partial charge on any atom is -0.298 e. The first-order valence-electron chi connectivity index (χ1n) is 6.61. The second-order valence-electron chi connectivity index (χ2n) is 5.81. The zero-order valence-electron chi connectivity index (χ0n) is 11.2. The molecule has 3 nitrogen and oxygen atoms in total. The second-order valence-corrected chi connectivity index (χ2v) is 6.15. The van der Waals surface area contributed by atoms with E-state index in [9.17, 15) is 0 Å². The normalized spacial score (nSPS) is 29.9. The first-order valence-corrected chi connectivity index (χ1v) is 6.98. The summed E-state index contributed by atoms with van der Waals surface area (Å²) >= 11 is 6.21. The van der Waals surface area contributed by atoms with Crippen LogP contribution in [0.15, 0.2) is 0 Å². The molecule has 0 amide bonds. The lowest BCUT2D eigenvalue weighted by Gasteiger charge is -2.34. The third kappa shape index (κ3) is 2.49. The third-order valence-electron chi connectivity index (χ3n) is 3.91. The van der Waals surface area contributed by atoms with E-state index in [1.807, 2.05) is 0 Å². The molecule has 96 valence electrons. The molecule has 1 heterocycles. The van der Waals surface area contributed by atoms with E-state index in [-0.39, 0.29) is 0 Å².